The molecule has 1 heterocycles. The van der Waals surface area contributed by atoms with E-state index in [1.165, 1.54) is 0 Å². The van der Waals surface area contributed by atoms with E-state index in [4.69, 9.17) is 4.74 Å². The normalized spacial score (nSPS) is 13.9. The summed E-state index contributed by atoms with van der Waals surface area (Å²) in [5.41, 5.74) is 3.01. The lowest BCUT2D eigenvalue weighted by molar-refractivity contribution is 0.00302. The first-order chi connectivity index (χ1) is 11.8. The molecule has 0 aliphatic carbocycles. The molecule has 126 valence electrons. The summed E-state index contributed by atoms with van der Waals surface area (Å²) in [4.78, 5) is 0. The molecule has 2 aromatic carbocycles. The van der Waals surface area contributed by atoms with Gasteiger partial charge in [0.25, 0.3) is 0 Å². The molecule has 2 atom stereocenters. The molecule has 1 N–H and O–H groups in total. The second kappa shape index (κ2) is 8.04. The maximum Gasteiger partial charge on any atom is 0.113 e. The van der Waals surface area contributed by atoms with Crippen LogP contribution in [0.25, 0.3) is 11.0 Å². The summed E-state index contributed by atoms with van der Waals surface area (Å²) < 4.78 is 7.94. The number of aliphatic hydroxyl groups is 1. The van der Waals surface area contributed by atoms with Crippen LogP contribution in [0.2, 0.25) is 0 Å². The molecule has 5 nitrogen and oxygen atoms in total. The van der Waals surface area contributed by atoms with Crippen molar-refractivity contribution in [3.8, 4) is 0 Å². The molecule has 24 heavy (non-hydrogen) atoms. The van der Waals surface area contributed by atoms with E-state index in [9.17, 15) is 5.11 Å². The van der Waals surface area contributed by atoms with Crippen molar-refractivity contribution in [3.63, 3.8) is 0 Å². The first-order valence-electron chi connectivity index (χ1n) is 8.39. The van der Waals surface area contributed by atoms with Gasteiger partial charge in [-0.05, 0) is 31.0 Å². The highest BCUT2D eigenvalue weighted by molar-refractivity contribution is 5.73. The summed E-state index contributed by atoms with van der Waals surface area (Å²) >= 11 is 0. The number of aliphatic hydroxyl groups excluding tert-OH is 1. The molecule has 0 unspecified atom stereocenters. The summed E-state index contributed by atoms with van der Waals surface area (Å²) in [6.07, 6.45) is 0.569. The van der Waals surface area contributed by atoms with Crippen LogP contribution in [-0.4, -0.2) is 33.3 Å². The molecule has 0 aliphatic heterocycles. The van der Waals surface area contributed by atoms with Gasteiger partial charge in [-0.15, -0.1) is 5.10 Å². The zero-order valence-electron chi connectivity index (χ0n) is 13.9. The number of aromatic nitrogens is 3. The van der Waals surface area contributed by atoms with Crippen LogP contribution in [-0.2, 0) is 11.3 Å². The summed E-state index contributed by atoms with van der Waals surface area (Å²) in [7, 11) is 0. The molecule has 0 fully saturated rings. The van der Waals surface area contributed by atoms with Crippen molar-refractivity contribution in [2.45, 2.75) is 26.0 Å². The minimum absolute atomic E-state index is 0.0775. The van der Waals surface area contributed by atoms with Crippen molar-refractivity contribution in [1.29, 1.82) is 0 Å². The van der Waals surface area contributed by atoms with Crippen LogP contribution in [0.1, 0.15) is 25.0 Å². The second-order valence-electron chi connectivity index (χ2n) is 5.82. The standard InChI is InChI=1S/C19H23N3O2/c1-2-24-19(15-8-4-3-5-9-15)16(12-13-23)14-22-18-11-7-6-10-17(18)20-21-22/h3-11,16,19,23H,2,12-14H2,1H3/t16-,19-/m0/s1. The molecule has 3 rings (SSSR count). The van der Waals surface area contributed by atoms with Gasteiger partial charge in [-0.2, -0.15) is 0 Å². The zero-order valence-corrected chi connectivity index (χ0v) is 13.9. The van der Waals surface area contributed by atoms with E-state index in [2.05, 4.69) is 22.4 Å². The number of benzene rings is 2. The topological polar surface area (TPSA) is 60.2 Å². The average molecular weight is 325 g/mol. The van der Waals surface area contributed by atoms with Crippen LogP contribution in [0.15, 0.2) is 54.6 Å². The first kappa shape index (κ1) is 16.6. The van der Waals surface area contributed by atoms with E-state index in [-0.39, 0.29) is 18.6 Å². The van der Waals surface area contributed by atoms with Crippen LogP contribution in [0.3, 0.4) is 0 Å². The van der Waals surface area contributed by atoms with Crippen molar-refractivity contribution in [2.24, 2.45) is 5.92 Å². The Morgan fingerprint density at radius 1 is 1.08 bits per heavy atom. The Hall–Kier alpha value is -2.24. The SMILES string of the molecule is CCO[C@@H](c1ccccc1)[C@@H](CCO)Cn1nnc2ccccc21. The van der Waals surface area contributed by atoms with Gasteiger partial charge in [0, 0.05) is 25.7 Å². The van der Waals surface area contributed by atoms with Gasteiger partial charge >= 0.3 is 0 Å². The van der Waals surface area contributed by atoms with E-state index in [1.807, 2.05) is 54.1 Å². The fourth-order valence-electron chi connectivity index (χ4n) is 3.11. The molecule has 0 radical (unpaired) electrons. The van der Waals surface area contributed by atoms with Gasteiger partial charge in [-0.1, -0.05) is 47.7 Å². The molecule has 0 saturated carbocycles. The van der Waals surface area contributed by atoms with E-state index < -0.39 is 0 Å². The molecule has 3 aromatic rings. The van der Waals surface area contributed by atoms with Gasteiger partial charge in [0.05, 0.1) is 11.6 Å². The third-order valence-electron chi connectivity index (χ3n) is 4.23. The van der Waals surface area contributed by atoms with Gasteiger partial charge in [-0.25, -0.2) is 4.68 Å². The lowest BCUT2D eigenvalue weighted by atomic mass is 9.92. The molecular formula is C19H23N3O2. The first-order valence-corrected chi connectivity index (χ1v) is 8.39. The number of fused-ring (bicyclic) bond motifs is 1. The maximum absolute atomic E-state index is 9.54. The zero-order chi connectivity index (χ0) is 16.8. The fourth-order valence-corrected chi connectivity index (χ4v) is 3.11. The van der Waals surface area contributed by atoms with Crippen LogP contribution in [0, 0.1) is 5.92 Å². The minimum atomic E-state index is -0.0775. The van der Waals surface area contributed by atoms with Gasteiger partial charge < -0.3 is 9.84 Å². The number of nitrogens with zero attached hydrogens (tertiary/aromatic N) is 3. The lowest BCUT2D eigenvalue weighted by Gasteiger charge is -2.27. The van der Waals surface area contributed by atoms with E-state index in [0.29, 0.717) is 19.6 Å². The monoisotopic (exact) mass is 325 g/mol. The molecule has 5 heteroatoms. The van der Waals surface area contributed by atoms with E-state index >= 15 is 0 Å². The largest absolute Gasteiger partial charge is 0.396 e. The number of ether oxygens (including phenoxy) is 1. The van der Waals surface area contributed by atoms with Crippen LogP contribution in [0.5, 0.6) is 0 Å². The molecule has 0 bridgehead atoms. The third-order valence-corrected chi connectivity index (χ3v) is 4.23. The van der Waals surface area contributed by atoms with Crippen LogP contribution >= 0.6 is 0 Å². The van der Waals surface area contributed by atoms with Crippen molar-refractivity contribution < 1.29 is 9.84 Å². The van der Waals surface area contributed by atoms with E-state index in [1.54, 1.807) is 0 Å². The second-order valence-corrected chi connectivity index (χ2v) is 5.82. The Balaban J connectivity index is 1.89. The predicted octanol–water partition coefficient (Wildman–Crippen LogP) is 3.21. The molecular weight excluding hydrogens is 302 g/mol. The van der Waals surface area contributed by atoms with Crippen molar-refractivity contribution >= 4 is 11.0 Å². The molecule has 0 saturated heterocycles. The third kappa shape index (κ3) is 3.63. The number of para-hydroxylation sites is 1. The van der Waals surface area contributed by atoms with Crippen molar-refractivity contribution in [2.75, 3.05) is 13.2 Å². The Morgan fingerprint density at radius 2 is 1.83 bits per heavy atom. The number of hydrogen-bond acceptors (Lipinski definition) is 4. The highest BCUT2D eigenvalue weighted by Gasteiger charge is 2.25. The predicted molar refractivity (Wildman–Crippen MR) is 93.5 cm³/mol. The lowest BCUT2D eigenvalue weighted by Crippen LogP contribution is -2.23. The molecule has 0 aliphatic rings. The van der Waals surface area contributed by atoms with Crippen LogP contribution in [0.4, 0.5) is 0 Å². The number of rotatable bonds is 8. The Labute approximate surface area is 141 Å². The van der Waals surface area contributed by atoms with Gasteiger partial charge in [0.1, 0.15) is 5.52 Å². The highest BCUT2D eigenvalue weighted by atomic mass is 16.5. The minimum Gasteiger partial charge on any atom is -0.396 e. The van der Waals surface area contributed by atoms with Gasteiger partial charge in [-0.3, -0.25) is 0 Å². The Morgan fingerprint density at radius 3 is 2.58 bits per heavy atom. The number of hydrogen-bond donors (Lipinski definition) is 1. The average Bonchev–Trinajstić information content (AvgIpc) is 3.03. The Kier molecular flexibility index (Phi) is 5.56. The van der Waals surface area contributed by atoms with Crippen molar-refractivity contribution in [1.82, 2.24) is 15.0 Å². The summed E-state index contributed by atoms with van der Waals surface area (Å²) in [5.74, 6) is 0.113. The quantitative estimate of drug-likeness (QED) is 0.691. The smallest absolute Gasteiger partial charge is 0.113 e. The fraction of sp³-hybridized carbons (Fsp3) is 0.368. The summed E-state index contributed by atoms with van der Waals surface area (Å²) in [6.45, 7) is 3.39. The highest BCUT2D eigenvalue weighted by Crippen LogP contribution is 2.30. The molecule has 1 aromatic heterocycles. The van der Waals surface area contributed by atoms with Crippen LogP contribution < -0.4 is 0 Å². The molecule has 0 amide bonds. The van der Waals surface area contributed by atoms with Gasteiger partial charge in [0.2, 0.25) is 0 Å². The van der Waals surface area contributed by atoms with Gasteiger partial charge in [0.15, 0.2) is 0 Å². The Bertz CT molecular complexity index is 757. The van der Waals surface area contributed by atoms with E-state index in [0.717, 1.165) is 16.6 Å². The summed E-state index contributed by atoms with van der Waals surface area (Å²) in [6, 6.07) is 18.1. The molecule has 0 spiro atoms. The maximum atomic E-state index is 9.54. The summed E-state index contributed by atoms with van der Waals surface area (Å²) in [5, 5.41) is 18.0. The van der Waals surface area contributed by atoms with Crippen molar-refractivity contribution in [3.05, 3.63) is 60.2 Å².